The van der Waals surface area contributed by atoms with Crippen LogP contribution < -0.4 is 0 Å². The molecule has 0 fully saturated rings. The first-order valence-electron chi connectivity index (χ1n) is 5.72. The van der Waals surface area contributed by atoms with Crippen LogP contribution >= 0.6 is 0 Å². The van der Waals surface area contributed by atoms with E-state index in [-0.39, 0.29) is 17.4 Å². The second kappa shape index (κ2) is 5.36. The van der Waals surface area contributed by atoms with Gasteiger partial charge in [0, 0.05) is 0 Å². The topological polar surface area (TPSA) is 46.5 Å². The van der Waals surface area contributed by atoms with Gasteiger partial charge >= 0.3 is 5.97 Å². The quantitative estimate of drug-likeness (QED) is 0.840. The highest BCUT2D eigenvalue weighted by Gasteiger charge is 2.16. The molecule has 3 nitrogen and oxygen atoms in total. The fourth-order valence-electron chi connectivity index (χ4n) is 1.66. The Balaban J connectivity index is 2.11. The SMILES string of the molecule is C[C@H](OC(=O)c1ccccc1O)c1ccccc1. The third kappa shape index (κ3) is 2.69. The number of ether oxygens (including phenoxy) is 1. The lowest BCUT2D eigenvalue weighted by atomic mass is 10.1. The zero-order valence-corrected chi connectivity index (χ0v) is 10.0. The van der Waals surface area contributed by atoms with E-state index in [4.69, 9.17) is 4.74 Å². The predicted octanol–water partition coefficient (Wildman–Crippen LogP) is 3.31. The number of para-hydroxylation sites is 1. The van der Waals surface area contributed by atoms with Crippen molar-refractivity contribution in [3.8, 4) is 5.75 Å². The van der Waals surface area contributed by atoms with Gasteiger partial charge in [-0.2, -0.15) is 0 Å². The van der Waals surface area contributed by atoms with E-state index >= 15 is 0 Å². The lowest BCUT2D eigenvalue weighted by Gasteiger charge is -2.13. The van der Waals surface area contributed by atoms with E-state index in [1.807, 2.05) is 30.3 Å². The number of rotatable bonds is 3. The lowest BCUT2D eigenvalue weighted by molar-refractivity contribution is 0.0334. The fraction of sp³-hybridized carbons (Fsp3) is 0.133. The molecule has 3 heteroatoms. The minimum atomic E-state index is -0.524. The zero-order valence-electron chi connectivity index (χ0n) is 10.0. The van der Waals surface area contributed by atoms with Gasteiger partial charge in [-0.1, -0.05) is 42.5 Å². The first-order chi connectivity index (χ1) is 8.68. The van der Waals surface area contributed by atoms with E-state index in [0.717, 1.165) is 5.56 Å². The molecule has 0 aliphatic carbocycles. The average Bonchev–Trinajstić information content (AvgIpc) is 2.40. The smallest absolute Gasteiger partial charge is 0.342 e. The molecule has 2 rings (SSSR count). The van der Waals surface area contributed by atoms with Crippen molar-refractivity contribution >= 4 is 5.97 Å². The number of hydrogen-bond donors (Lipinski definition) is 1. The molecule has 92 valence electrons. The van der Waals surface area contributed by atoms with Gasteiger partial charge < -0.3 is 9.84 Å². The second-order valence-electron chi connectivity index (χ2n) is 3.98. The summed E-state index contributed by atoms with van der Waals surface area (Å²) in [5, 5.41) is 9.56. The number of hydrogen-bond acceptors (Lipinski definition) is 3. The number of carbonyl (C=O) groups excluding carboxylic acids is 1. The molecule has 0 saturated heterocycles. The van der Waals surface area contributed by atoms with Crippen LogP contribution in [-0.4, -0.2) is 11.1 Å². The van der Waals surface area contributed by atoms with Gasteiger partial charge in [0.05, 0.1) is 0 Å². The Morgan fingerprint density at radius 1 is 1.06 bits per heavy atom. The van der Waals surface area contributed by atoms with Gasteiger partial charge in [-0.05, 0) is 24.6 Å². The molecule has 1 N–H and O–H groups in total. The number of esters is 1. The van der Waals surface area contributed by atoms with Crippen molar-refractivity contribution in [2.45, 2.75) is 13.0 Å². The molecule has 0 radical (unpaired) electrons. The van der Waals surface area contributed by atoms with E-state index in [0.29, 0.717) is 0 Å². The maximum absolute atomic E-state index is 11.9. The van der Waals surface area contributed by atoms with E-state index in [1.54, 1.807) is 19.1 Å². The maximum atomic E-state index is 11.9. The third-order valence-corrected chi connectivity index (χ3v) is 2.68. The molecular formula is C15H14O3. The second-order valence-corrected chi connectivity index (χ2v) is 3.98. The summed E-state index contributed by atoms with van der Waals surface area (Å²) in [4.78, 5) is 11.9. The number of aromatic hydroxyl groups is 1. The van der Waals surface area contributed by atoms with Crippen molar-refractivity contribution in [2.24, 2.45) is 0 Å². The van der Waals surface area contributed by atoms with Crippen molar-refractivity contribution in [2.75, 3.05) is 0 Å². The van der Waals surface area contributed by atoms with E-state index < -0.39 is 5.97 Å². The molecule has 0 bridgehead atoms. The van der Waals surface area contributed by atoms with Gasteiger partial charge in [-0.3, -0.25) is 0 Å². The Labute approximate surface area is 106 Å². The van der Waals surface area contributed by atoms with Crippen LogP contribution in [0, 0.1) is 0 Å². The highest BCUT2D eigenvalue weighted by molar-refractivity contribution is 5.92. The molecule has 0 unspecified atom stereocenters. The van der Waals surface area contributed by atoms with Crippen LogP contribution in [0.15, 0.2) is 54.6 Å². The molecule has 0 saturated carbocycles. The van der Waals surface area contributed by atoms with Crippen LogP contribution in [0.25, 0.3) is 0 Å². The Morgan fingerprint density at radius 3 is 2.33 bits per heavy atom. The minimum Gasteiger partial charge on any atom is -0.507 e. The third-order valence-electron chi connectivity index (χ3n) is 2.68. The monoisotopic (exact) mass is 242 g/mol. The molecule has 0 amide bonds. The predicted molar refractivity (Wildman–Crippen MR) is 68.4 cm³/mol. The highest BCUT2D eigenvalue weighted by Crippen LogP contribution is 2.22. The van der Waals surface area contributed by atoms with Crippen LogP contribution in [0.3, 0.4) is 0 Å². The molecule has 1 atom stereocenters. The number of phenolic OH excluding ortho intramolecular Hbond substituents is 1. The summed E-state index contributed by atoms with van der Waals surface area (Å²) < 4.78 is 5.30. The van der Waals surface area contributed by atoms with Crippen LogP contribution in [0.2, 0.25) is 0 Å². The molecule has 0 aliphatic heterocycles. The molecule has 2 aromatic rings. The van der Waals surface area contributed by atoms with Gasteiger partial charge in [-0.15, -0.1) is 0 Å². The lowest BCUT2D eigenvalue weighted by Crippen LogP contribution is -2.09. The van der Waals surface area contributed by atoms with Crippen molar-refractivity contribution < 1.29 is 14.6 Å². The Hall–Kier alpha value is -2.29. The summed E-state index contributed by atoms with van der Waals surface area (Å²) in [6.45, 7) is 1.80. The summed E-state index contributed by atoms with van der Waals surface area (Å²) in [6.07, 6.45) is -0.349. The van der Waals surface area contributed by atoms with Crippen molar-refractivity contribution in [3.05, 3.63) is 65.7 Å². The van der Waals surface area contributed by atoms with Crippen LogP contribution in [0.4, 0.5) is 0 Å². The molecule has 18 heavy (non-hydrogen) atoms. The Morgan fingerprint density at radius 2 is 1.67 bits per heavy atom. The van der Waals surface area contributed by atoms with Crippen LogP contribution in [-0.2, 0) is 4.74 Å². The van der Waals surface area contributed by atoms with Gasteiger partial charge in [0.1, 0.15) is 17.4 Å². The van der Waals surface area contributed by atoms with Crippen molar-refractivity contribution in [3.63, 3.8) is 0 Å². The zero-order chi connectivity index (χ0) is 13.0. The van der Waals surface area contributed by atoms with Crippen LogP contribution in [0.5, 0.6) is 5.75 Å². The fourth-order valence-corrected chi connectivity index (χ4v) is 1.66. The first kappa shape index (κ1) is 12.2. The number of benzene rings is 2. The van der Waals surface area contributed by atoms with Gasteiger partial charge in [0.2, 0.25) is 0 Å². The Kier molecular flexibility index (Phi) is 3.63. The summed E-state index contributed by atoms with van der Waals surface area (Å²) in [5.41, 5.74) is 1.10. The molecule has 0 heterocycles. The Bertz CT molecular complexity index is 534. The van der Waals surface area contributed by atoms with Gasteiger partial charge in [0.15, 0.2) is 0 Å². The summed E-state index contributed by atoms with van der Waals surface area (Å²) >= 11 is 0. The van der Waals surface area contributed by atoms with Crippen molar-refractivity contribution in [1.82, 2.24) is 0 Å². The summed E-state index contributed by atoms with van der Waals surface area (Å²) in [7, 11) is 0. The largest absolute Gasteiger partial charge is 0.507 e. The standard InChI is InChI=1S/C15H14O3/c1-11(12-7-3-2-4-8-12)18-15(17)13-9-5-6-10-14(13)16/h2-11,16H,1H3/t11-/m0/s1. The number of phenols is 1. The maximum Gasteiger partial charge on any atom is 0.342 e. The summed E-state index contributed by atoms with van der Waals surface area (Å²) in [6, 6.07) is 15.8. The first-order valence-corrected chi connectivity index (χ1v) is 5.72. The van der Waals surface area contributed by atoms with Gasteiger partial charge in [0.25, 0.3) is 0 Å². The van der Waals surface area contributed by atoms with E-state index in [9.17, 15) is 9.90 Å². The molecule has 0 spiro atoms. The molecule has 0 aliphatic rings. The van der Waals surface area contributed by atoms with E-state index in [1.165, 1.54) is 12.1 Å². The van der Waals surface area contributed by atoms with Crippen molar-refractivity contribution in [1.29, 1.82) is 0 Å². The number of carbonyl (C=O) groups is 1. The van der Waals surface area contributed by atoms with E-state index in [2.05, 4.69) is 0 Å². The molecular weight excluding hydrogens is 228 g/mol. The molecule has 2 aromatic carbocycles. The minimum absolute atomic E-state index is 0.0669. The molecule has 0 aromatic heterocycles. The summed E-state index contributed by atoms with van der Waals surface area (Å²) in [5.74, 6) is -0.591. The highest BCUT2D eigenvalue weighted by atomic mass is 16.5. The van der Waals surface area contributed by atoms with Crippen LogP contribution in [0.1, 0.15) is 28.9 Å². The normalized spacial score (nSPS) is 11.8. The van der Waals surface area contributed by atoms with Gasteiger partial charge in [-0.25, -0.2) is 4.79 Å². The average molecular weight is 242 g/mol.